The van der Waals surface area contributed by atoms with E-state index in [1.54, 1.807) is 0 Å². The molecule has 1 aliphatic rings. The fourth-order valence-electron chi connectivity index (χ4n) is 1.90. The molecule has 2 unspecified atom stereocenters. The minimum atomic E-state index is 0.328. The fraction of sp³-hybridized carbons (Fsp3) is 1.00. The molecule has 0 radical (unpaired) electrons. The van der Waals surface area contributed by atoms with Crippen LogP contribution in [0, 0.1) is 0 Å². The summed E-state index contributed by atoms with van der Waals surface area (Å²) in [6.45, 7) is 4.45. The highest BCUT2D eigenvalue weighted by molar-refractivity contribution is 4.74. The molecule has 0 aliphatic carbocycles. The largest absolute Gasteiger partial charge is 0.396 e. The zero-order valence-corrected chi connectivity index (χ0v) is 9.17. The van der Waals surface area contributed by atoms with E-state index < -0.39 is 0 Å². The summed E-state index contributed by atoms with van der Waals surface area (Å²) in [5.74, 6) is 0. The Kier molecular flexibility index (Phi) is 6.15. The van der Waals surface area contributed by atoms with Gasteiger partial charge in [-0.15, -0.1) is 0 Å². The number of aliphatic hydroxyl groups excluding tert-OH is 1. The minimum Gasteiger partial charge on any atom is -0.396 e. The molecular weight excluding hydrogens is 178 g/mol. The maximum Gasteiger partial charge on any atom is 0.0561 e. The van der Waals surface area contributed by atoms with Gasteiger partial charge >= 0.3 is 0 Å². The van der Waals surface area contributed by atoms with E-state index in [9.17, 15) is 0 Å². The Morgan fingerprint density at radius 1 is 1.36 bits per heavy atom. The molecule has 0 aromatic heterocycles. The zero-order valence-electron chi connectivity index (χ0n) is 9.17. The van der Waals surface area contributed by atoms with Gasteiger partial charge in [0.2, 0.25) is 0 Å². The second-order valence-corrected chi connectivity index (χ2v) is 4.14. The quantitative estimate of drug-likeness (QED) is 0.637. The van der Waals surface area contributed by atoms with Crippen molar-refractivity contribution in [3.05, 3.63) is 0 Å². The van der Waals surface area contributed by atoms with Gasteiger partial charge in [-0.25, -0.2) is 0 Å². The Labute approximate surface area is 86.8 Å². The van der Waals surface area contributed by atoms with Crippen LogP contribution in [0.15, 0.2) is 0 Å². The first-order valence-corrected chi connectivity index (χ1v) is 5.78. The molecule has 0 amide bonds. The molecule has 1 fully saturated rings. The minimum absolute atomic E-state index is 0.328. The third kappa shape index (κ3) is 4.94. The van der Waals surface area contributed by atoms with Gasteiger partial charge in [-0.2, -0.15) is 0 Å². The van der Waals surface area contributed by atoms with E-state index in [-0.39, 0.29) is 0 Å². The maximum atomic E-state index is 8.61. The van der Waals surface area contributed by atoms with Gasteiger partial charge < -0.3 is 15.2 Å². The zero-order chi connectivity index (χ0) is 10.2. The van der Waals surface area contributed by atoms with Gasteiger partial charge in [0, 0.05) is 19.3 Å². The average Bonchev–Trinajstić information content (AvgIpc) is 2.18. The van der Waals surface area contributed by atoms with Crippen LogP contribution < -0.4 is 5.32 Å². The van der Waals surface area contributed by atoms with Crippen molar-refractivity contribution in [2.45, 2.75) is 51.2 Å². The first-order valence-electron chi connectivity index (χ1n) is 5.78. The molecule has 0 bridgehead atoms. The summed E-state index contributed by atoms with van der Waals surface area (Å²) in [6.07, 6.45) is 5.93. The van der Waals surface area contributed by atoms with E-state index in [4.69, 9.17) is 9.84 Å². The Morgan fingerprint density at radius 2 is 2.21 bits per heavy atom. The summed E-state index contributed by atoms with van der Waals surface area (Å²) in [4.78, 5) is 0. The number of nitrogens with one attached hydrogen (secondary N) is 1. The Hall–Kier alpha value is -0.120. The highest BCUT2D eigenvalue weighted by Crippen LogP contribution is 2.12. The van der Waals surface area contributed by atoms with Crippen molar-refractivity contribution in [3.8, 4) is 0 Å². The van der Waals surface area contributed by atoms with E-state index in [1.165, 1.54) is 6.42 Å². The molecule has 1 rings (SSSR count). The number of hydrogen-bond donors (Lipinski definition) is 2. The lowest BCUT2D eigenvalue weighted by atomic mass is 10.0. The molecule has 1 heterocycles. The van der Waals surface area contributed by atoms with Crippen LogP contribution in [0.25, 0.3) is 0 Å². The van der Waals surface area contributed by atoms with Crippen LogP contribution in [0.4, 0.5) is 0 Å². The maximum absolute atomic E-state index is 8.61. The molecule has 2 atom stereocenters. The SMILES string of the molecule is CC1CC(NCCCCCO)CCO1. The van der Waals surface area contributed by atoms with E-state index in [0.29, 0.717) is 18.8 Å². The normalized spacial score (nSPS) is 27.9. The molecular formula is C11H23NO2. The Bertz CT molecular complexity index is 141. The molecule has 84 valence electrons. The standard InChI is InChI=1S/C11H23NO2/c1-10-9-11(5-8-14-10)12-6-3-2-4-7-13/h10-13H,2-9H2,1H3. The topological polar surface area (TPSA) is 41.5 Å². The van der Waals surface area contributed by atoms with Crippen molar-refractivity contribution in [3.63, 3.8) is 0 Å². The van der Waals surface area contributed by atoms with Crippen LogP contribution in [0.3, 0.4) is 0 Å². The molecule has 0 aromatic carbocycles. The third-order valence-electron chi connectivity index (χ3n) is 2.75. The second-order valence-electron chi connectivity index (χ2n) is 4.14. The number of aliphatic hydroxyl groups is 1. The summed E-state index contributed by atoms with van der Waals surface area (Å²) < 4.78 is 5.48. The average molecular weight is 201 g/mol. The van der Waals surface area contributed by atoms with E-state index in [0.717, 1.165) is 38.8 Å². The Morgan fingerprint density at radius 3 is 2.93 bits per heavy atom. The first-order chi connectivity index (χ1) is 6.83. The highest BCUT2D eigenvalue weighted by Gasteiger charge is 2.17. The van der Waals surface area contributed by atoms with Gasteiger partial charge in [0.25, 0.3) is 0 Å². The lowest BCUT2D eigenvalue weighted by Crippen LogP contribution is -2.38. The molecule has 1 saturated heterocycles. The van der Waals surface area contributed by atoms with E-state index in [1.807, 2.05) is 0 Å². The molecule has 3 heteroatoms. The van der Waals surface area contributed by atoms with Crippen LogP contribution in [0.2, 0.25) is 0 Å². The predicted octanol–water partition coefficient (Wildman–Crippen LogP) is 1.31. The van der Waals surface area contributed by atoms with Crippen LogP contribution in [0.1, 0.15) is 39.0 Å². The smallest absolute Gasteiger partial charge is 0.0561 e. The molecule has 0 aromatic rings. The van der Waals surface area contributed by atoms with Crippen molar-refractivity contribution in [2.24, 2.45) is 0 Å². The van der Waals surface area contributed by atoms with Crippen LogP contribution in [0.5, 0.6) is 0 Å². The molecule has 14 heavy (non-hydrogen) atoms. The predicted molar refractivity (Wildman–Crippen MR) is 57.4 cm³/mol. The molecule has 2 N–H and O–H groups in total. The van der Waals surface area contributed by atoms with Crippen molar-refractivity contribution in [1.29, 1.82) is 0 Å². The lowest BCUT2D eigenvalue weighted by Gasteiger charge is -2.28. The number of unbranched alkanes of at least 4 members (excludes halogenated alkanes) is 2. The van der Waals surface area contributed by atoms with Gasteiger partial charge in [0.15, 0.2) is 0 Å². The molecule has 1 aliphatic heterocycles. The van der Waals surface area contributed by atoms with Gasteiger partial charge in [-0.05, 0) is 45.6 Å². The van der Waals surface area contributed by atoms with Crippen molar-refractivity contribution in [2.75, 3.05) is 19.8 Å². The molecule has 3 nitrogen and oxygen atoms in total. The highest BCUT2D eigenvalue weighted by atomic mass is 16.5. The summed E-state index contributed by atoms with van der Waals surface area (Å²) >= 11 is 0. The van der Waals surface area contributed by atoms with Gasteiger partial charge in [-0.3, -0.25) is 0 Å². The van der Waals surface area contributed by atoms with E-state index >= 15 is 0 Å². The van der Waals surface area contributed by atoms with Crippen molar-refractivity contribution < 1.29 is 9.84 Å². The van der Waals surface area contributed by atoms with Crippen molar-refractivity contribution >= 4 is 0 Å². The third-order valence-corrected chi connectivity index (χ3v) is 2.75. The lowest BCUT2D eigenvalue weighted by molar-refractivity contribution is 0.0134. The number of ether oxygens (including phenoxy) is 1. The number of rotatable bonds is 6. The fourth-order valence-corrected chi connectivity index (χ4v) is 1.90. The van der Waals surface area contributed by atoms with Crippen LogP contribution in [-0.4, -0.2) is 37.0 Å². The molecule has 0 saturated carbocycles. The first kappa shape index (κ1) is 12.0. The summed E-state index contributed by atoms with van der Waals surface area (Å²) in [5, 5.41) is 12.2. The van der Waals surface area contributed by atoms with E-state index in [2.05, 4.69) is 12.2 Å². The van der Waals surface area contributed by atoms with Crippen LogP contribution >= 0.6 is 0 Å². The van der Waals surface area contributed by atoms with Crippen LogP contribution in [-0.2, 0) is 4.74 Å². The second kappa shape index (κ2) is 7.21. The summed E-state index contributed by atoms with van der Waals surface area (Å²) in [7, 11) is 0. The Balaban J connectivity index is 1.95. The monoisotopic (exact) mass is 201 g/mol. The summed E-state index contributed by atoms with van der Waals surface area (Å²) in [6, 6.07) is 0.646. The van der Waals surface area contributed by atoms with Crippen molar-refractivity contribution in [1.82, 2.24) is 5.32 Å². The molecule has 0 spiro atoms. The van der Waals surface area contributed by atoms with Gasteiger partial charge in [0.1, 0.15) is 0 Å². The summed E-state index contributed by atoms with van der Waals surface area (Å²) in [5.41, 5.74) is 0. The van der Waals surface area contributed by atoms with Gasteiger partial charge in [0.05, 0.1) is 6.10 Å². The number of hydrogen-bond acceptors (Lipinski definition) is 3. The van der Waals surface area contributed by atoms with Gasteiger partial charge in [-0.1, -0.05) is 0 Å².